The Morgan fingerprint density at radius 3 is 2.93 bits per heavy atom. The molecule has 1 aliphatic rings. The van der Waals surface area contributed by atoms with E-state index in [2.05, 4.69) is 15.5 Å². The molecule has 0 aromatic carbocycles. The summed E-state index contributed by atoms with van der Waals surface area (Å²) in [4.78, 5) is 0. The number of hydrogen-bond acceptors (Lipinski definition) is 3. The van der Waals surface area contributed by atoms with Crippen LogP contribution in [0.25, 0.3) is 0 Å². The number of nitrogens with zero attached hydrogens (tertiary/aromatic N) is 3. The Kier molecular flexibility index (Phi) is 3.14. The van der Waals surface area contributed by atoms with Gasteiger partial charge in [-0.05, 0) is 38.3 Å². The Hall–Kier alpha value is -0.900. The van der Waals surface area contributed by atoms with Crippen LogP contribution in [-0.2, 0) is 13.5 Å². The van der Waals surface area contributed by atoms with Crippen molar-refractivity contribution in [2.24, 2.45) is 13.0 Å². The van der Waals surface area contributed by atoms with E-state index in [0.29, 0.717) is 0 Å². The fraction of sp³-hybridized carbons (Fsp3) is 0.800. The van der Waals surface area contributed by atoms with Crippen LogP contribution in [0.1, 0.15) is 25.1 Å². The number of hydrogen-bond donors (Lipinski definition) is 1. The van der Waals surface area contributed by atoms with Crippen LogP contribution >= 0.6 is 0 Å². The quantitative estimate of drug-likeness (QED) is 0.772. The van der Waals surface area contributed by atoms with Gasteiger partial charge in [-0.25, -0.2) is 0 Å². The normalized spacial score (nSPS) is 18.6. The van der Waals surface area contributed by atoms with Crippen LogP contribution in [0.15, 0.2) is 6.33 Å². The highest BCUT2D eigenvalue weighted by atomic mass is 15.2. The molecule has 0 radical (unpaired) electrons. The standard InChI is InChI=1S/C10H18N4/c1-14-8-12-13-10(14)3-2-9-4-6-11-7-5-9/h8-9,11H,2-7H2,1H3. The minimum absolute atomic E-state index is 0.882. The lowest BCUT2D eigenvalue weighted by atomic mass is 9.93. The predicted molar refractivity (Wildman–Crippen MR) is 54.9 cm³/mol. The molecule has 0 unspecified atom stereocenters. The van der Waals surface area contributed by atoms with Gasteiger partial charge in [0.1, 0.15) is 12.2 Å². The highest BCUT2D eigenvalue weighted by Crippen LogP contribution is 2.17. The van der Waals surface area contributed by atoms with Gasteiger partial charge in [-0.3, -0.25) is 0 Å². The molecule has 0 spiro atoms. The zero-order chi connectivity index (χ0) is 9.80. The molecule has 0 amide bonds. The van der Waals surface area contributed by atoms with Crippen molar-refractivity contribution in [3.8, 4) is 0 Å². The summed E-state index contributed by atoms with van der Waals surface area (Å²) < 4.78 is 2.01. The molecule has 14 heavy (non-hydrogen) atoms. The van der Waals surface area contributed by atoms with Gasteiger partial charge < -0.3 is 9.88 Å². The van der Waals surface area contributed by atoms with E-state index >= 15 is 0 Å². The maximum absolute atomic E-state index is 4.10. The summed E-state index contributed by atoms with van der Waals surface area (Å²) in [5.74, 6) is 2.00. The number of aryl methyl sites for hydroxylation is 2. The lowest BCUT2D eigenvalue weighted by molar-refractivity contribution is 0.351. The maximum Gasteiger partial charge on any atom is 0.132 e. The van der Waals surface area contributed by atoms with Crippen LogP contribution in [0.2, 0.25) is 0 Å². The van der Waals surface area contributed by atoms with Crippen LogP contribution in [-0.4, -0.2) is 27.9 Å². The summed E-state index contributed by atoms with van der Waals surface area (Å²) in [6.45, 7) is 2.37. The maximum atomic E-state index is 4.10. The Bertz CT molecular complexity index is 275. The van der Waals surface area contributed by atoms with E-state index in [-0.39, 0.29) is 0 Å². The van der Waals surface area contributed by atoms with Gasteiger partial charge >= 0.3 is 0 Å². The van der Waals surface area contributed by atoms with Crippen LogP contribution in [0.5, 0.6) is 0 Å². The molecule has 2 heterocycles. The van der Waals surface area contributed by atoms with Gasteiger partial charge in [-0.2, -0.15) is 0 Å². The van der Waals surface area contributed by atoms with E-state index in [1.807, 2.05) is 11.6 Å². The van der Waals surface area contributed by atoms with E-state index in [9.17, 15) is 0 Å². The van der Waals surface area contributed by atoms with Crippen LogP contribution in [0, 0.1) is 5.92 Å². The fourth-order valence-corrected chi connectivity index (χ4v) is 2.04. The highest BCUT2D eigenvalue weighted by Gasteiger charge is 2.13. The zero-order valence-electron chi connectivity index (χ0n) is 8.74. The first-order chi connectivity index (χ1) is 6.86. The summed E-state index contributed by atoms with van der Waals surface area (Å²) in [6.07, 6.45) is 6.74. The van der Waals surface area contributed by atoms with Crippen molar-refractivity contribution in [3.05, 3.63) is 12.2 Å². The number of aromatic nitrogens is 3. The monoisotopic (exact) mass is 194 g/mol. The molecule has 0 saturated carbocycles. The van der Waals surface area contributed by atoms with Gasteiger partial charge in [0.15, 0.2) is 0 Å². The molecule has 1 saturated heterocycles. The Balaban J connectivity index is 1.79. The fourth-order valence-electron chi connectivity index (χ4n) is 2.04. The predicted octanol–water partition coefficient (Wildman–Crippen LogP) is 0.747. The van der Waals surface area contributed by atoms with E-state index in [4.69, 9.17) is 0 Å². The molecule has 4 nitrogen and oxygen atoms in total. The second-order valence-electron chi connectivity index (χ2n) is 4.09. The summed E-state index contributed by atoms with van der Waals surface area (Å²) in [6, 6.07) is 0. The third-order valence-electron chi connectivity index (χ3n) is 3.04. The van der Waals surface area contributed by atoms with E-state index in [1.165, 1.54) is 32.4 Å². The molecule has 0 atom stereocenters. The van der Waals surface area contributed by atoms with E-state index < -0.39 is 0 Å². The first-order valence-corrected chi connectivity index (χ1v) is 5.40. The van der Waals surface area contributed by atoms with Crippen molar-refractivity contribution in [1.82, 2.24) is 20.1 Å². The van der Waals surface area contributed by atoms with Crippen LogP contribution < -0.4 is 5.32 Å². The van der Waals surface area contributed by atoms with Crippen molar-refractivity contribution >= 4 is 0 Å². The third kappa shape index (κ3) is 2.32. The smallest absolute Gasteiger partial charge is 0.132 e. The molecule has 78 valence electrons. The van der Waals surface area contributed by atoms with Gasteiger partial charge in [-0.1, -0.05) is 0 Å². The van der Waals surface area contributed by atoms with Gasteiger partial charge in [-0.15, -0.1) is 10.2 Å². The Morgan fingerprint density at radius 2 is 2.29 bits per heavy atom. The van der Waals surface area contributed by atoms with E-state index in [0.717, 1.165) is 18.2 Å². The Labute approximate surface area is 84.7 Å². The molecule has 0 aliphatic carbocycles. The second kappa shape index (κ2) is 4.55. The number of nitrogens with one attached hydrogen (secondary N) is 1. The lowest BCUT2D eigenvalue weighted by Gasteiger charge is -2.22. The van der Waals surface area contributed by atoms with Crippen molar-refractivity contribution in [1.29, 1.82) is 0 Å². The van der Waals surface area contributed by atoms with Gasteiger partial charge in [0, 0.05) is 13.5 Å². The topological polar surface area (TPSA) is 42.7 Å². The zero-order valence-corrected chi connectivity index (χ0v) is 8.74. The average molecular weight is 194 g/mol. The Morgan fingerprint density at radius 1 is 1.50 bits per heavy atom. The molecule has 1 N–H and O–H groups in total. The first-order valence-electron chi connectivity index (χ1n) is 5.40. The number of rotatable bonds is 3. The van der Waals surface area contributed by atoms with Crippen molar-refractivity contribution in [2.75, 3.05) is 13.1 Å². The van der Waals surface area contributed by atoms with Gasteiger partial charge in [0.25, 0.3) is 0 Å². The lowest BCUT2D eigenvalue weighted by Crippen LogP contribution is -2.28. The van der Waals surface area contributed by atoms with Crippen LogP contribution in [0.3, 0.4) is 0 Å². The minimum atomic E-state index is 0.882. The largest absolute Gasteiger partial charge is 0.321 e. The highest BCUT2D eigenvalue weighted by molar-refractivity contribution is 4.85. The SMILES string of the molecule is Cn1cnnc1CCC1CCNCC1. The molecule has 1 aromatic heterocycles. The van der Waals surface area contributed by atoms with Gasteiger partial charge in [0.05, 0.1) is 0 Å². The van der Waals surface area contributed by atoms with Crippen molar-refractivity contribution in [3.63, 3.8) is 0 Å². The van der Waals surface area contributed by atoms with E-state index in [1.54, 1.807) is 6.33 Å². The average Bonchev–Trinajstić information content (AvgIpc) is 2.63. The molecule has 0 bridgehead atoms. The van der Waals surface area contributed by atoms with Crippen molar-refractivity contribution in [2.45, 2.75) is 25.7 Å². The summed E-state index contributed by atoms with van der Waals surface area (Å²) in [5, 5.41) is 11.4. The molecule has 1 fully saturated rings. The molecule has 4 heteroatoms. The minimum Gasteiger partial charge on any atom is -0.321 e. The molecular weight excluding hydrogens is 176 g/mol. The van der Waals surface area contributed by atoms with Gasteiger partial charge in [0.2, 0.25) is 0 Å². The van der Waals surface area contributed by atoms with Crippen molar-refractivity contribution < 1.29 is 0 Å². The molecule has 1 aliphatic heterocycles. The molecule has 2 rings (SSSR count). The second-order valence-corrected chi connectivity index (χ2v) is 4.09. The molecular formula is C10H18N4. The summed E-state index contributed by atoms with van der Waals surface area (Å²) in [5.41, 5.74) is 0. The number of piperidine rings is 1. The molecule has 1 aromatic rings. The summed E-state index contributed by atoms with van der Waals surface area (Å²) >= 11 is 0. The first kappa shape index (κ1) is 9.65. The van der Waals surface area contributed by atoms with Crippen LogP contribution in [0.4, 0.5) is 0 Å². The third-order valence-corrected chi connectivity index (χ3v) is 3.04. The summed E-state index contributed by atoms with van der Waals surface area (Å²) in [7, 11) is 2.01.